The van der Waals surface area contributed by atoms with Crippen LogP contribution in [-0.4, -0.2) is 21.0 Å². The van der Waals surface area contributed by atoms with Crippen molar-refractivity contribution in [2.24, 2.45) is 0 Å². The number of nitrogens with zero attached hydrogens (tertiary/aromatic N) is 1. The van der Waals surface area contributed by atoms with Gasteiger partial charge in [-0.05, 0) is 68.6 Å². The van der Waals surface area contributed by atoms with Crippen LogP contribution in [0.3, 0.4) is 0 Å². The molecule has 0 heterocycles. The summed E-state index contributed by atoms with van der Waals surface area (Å²) in [5.74, 6) is 0.843. The molecule has 118 valence electrons. The lowest BCUT2D eigenvalue weighted by Crippen LogP contribution is -2.44. The Balaban J connectivity index is 2.35. The summed E-state index contributed by atoms with van der Waals surface area (Å²) in [6.07, 6.45) is 6.04. The minimum absolute atomic E-state index is 0.733. The number of ether oxygens (including phenoxy) is 1. The van der Waals surface area contributed by atoms with Gasteiger partial charge in [0.25, 0.3) is 0 Å². The molecule has 4 heteroatoms. The molecule has 0 radical (unpaired) electrons. The Morgan fingerprint density at radius 2 is 1.86 bits per heavy atom. The highest BCUT2D eigenvalue weighted by Gasteiger charge is 2.41. The number of methoxy groups -OCH3 is 1. The molecule has 0 saturated heterocycles. The van der Waals surface area contributed by atoms with E-state index in [4.69, 9.17) is 9.16 Å². The van der Waals surface area contributed by atoms with Crippen molar-refractivity contribution in [2.75, 3.05) is 7.11 Å². The zero-order valence-corrected chi connectivity index (χ0v) is 15.0. The van der Waals surface area contributed by atoms with E-state index < -0.39 is 13.9 Å². The maximum atomic E-state index is 9.82. The van der Waals surface area contributed by atoms with Crippen LogP contribution in [0, 0.1) is 11.3 Å². The molecule has 22 heavy (non-hydrogen) atoms. The zero-order valence-electron chi connectivity index (χ0n) is 14.0. The predicted octanol–water partition coefficient (Wildman–Crippen LogP) is 4.77. The number of hydrogen-bond donors (Lipinski definition) is 0. The second-order valence-electron chi connectivity index (χ2n) is 6.80. The van der Waals surface area contributed by atoms with Gasteiger partial charge < -0.3 is 9.16 Å². The summed E-state index contributed by atoms with van der Waals surface area (Å²) in [5, 5.41) is 9.82. The van der Waals surface area contributed by atoms with E-state index in [1.807, 2.05) is 24.3 Å². The van der Waals surface area contributed by atoms with Crippen molar-refractivity contribution >= 4 is 14.4 Å². The van der Waals surface area contributed by atoms with E-state index in [9.17, 15) is 5.26 Å². The molecule has 1 fully saturated rings. The van der Waals surface area contributed by atoms with Gasteiger partial charge in [-0.15, -0.1) is 0 Å². The van der Waals surface area contributed by atoms with Crippen LogP contribution in [0.15, 0.2) is 29.8 Å². The topological polar surface area (TPSA) is 42.2 Å². The fourth-order valence-electron chi connectivity index (χ4n) is 2.93. The molecule has 0 N–H and O–H groups in total. The minimum atomic E-state index is -1.80. The van der Waals surface area contributed by atoms with Crippen LogP contribution in [-0.2, 0) is 4.43 Å². The third-order valence-electron chi connectivity index (χ3n) is 3.86. The monoisotopic (exact) mass is 315 g/mol. The molecule has 1 atom stereocenters. The molecule has 1 saturated carbocycles. The highest BCUT2D eigenvalue weighted by molar-refractivity contribution is 6.69. The Hall–Kier alpha value is -1.57. The highest BCUT2D eigenvalue weighted by Crippen LogP contribution is 2.39. The number of nitriles is 1. The van der Waals surface area contributed by atoms with Gasteiger partial charge in [0.1, 0.15) is 11.8 Å². The average molecular weight is 315 g/mol. The van der Waals surface area contributed by atoms with Gasteiger partial charge in [-0.1, -0.05) is 18.2 Å². The molecule has 1 unspecified atom stereocenters. The van der Waals surface area contributed by atoms with Crippen LogP contribution in [0.2, 0.25) is 19.6 Å². The first-order valence-electron chi connectivity index (χ1n) is 7.85. The molecule has 0 spiro atoms. The van der Waals surface area contributed by atoms with Gasteiger partial charge >= 0.3 is 0 Å². The van der Waals surface area contributed by atoms with E-state index >= 15 is 0 Å². The average Bonchev–Trinajstić information content (AvgIpc) is 2.48. The first kappa shape index (κ1) is 16.8. The molecule has 0 aromatic heterocycles. The lowest BCUT2D eigenvalue weighted by Gasteiger charge is -2.38. The van der Waals surface area contributed by atoms with Gasteiger partial charge in [-0.2, -0.15) is 5.26 Å². The molecule has 1 aliphatic carbocycles. The first-order chi connectivity index (χ1) is 10.4. The van der Waals surface area contributed by atoms with E-state index in [2.05, 4.69) is 31.8 Å². The molecular weight excluding hydrogens is 290 g/mol. The van der Waals surface area contributed by atoms with Crippen molar-refractivity contribution in [3.8, 4) is 11.8 Å². The van der Waals surface area contributed by atoms with Gasteiger partial charge in [0.05, 0.1) is 7.11 Å². The van der Waals surface area contributed by atoms with E-state index in [0.717, 1.165) is 42.6 Å². The van der Waals surface area contributed by atoms with Crippen LogP contribution in [0.4, 0.5) is 0 Å². The molecule has 1 aliphatic rings. The Morgan fingerprint density at radius 1 is 1.18 bits per heavy atom. The van der Waals surface area contributed by atoms with Gasteiger partial charge in [0.2, 0.25) is 0 Å². The maximum absolute atomic E-state index is 9.82. The summed E-state index contributed by atoms with van der Waals surface area (Å²) < 4.78 is 11.5. The fraction of sp³-hybridized carbons (Fsp3) is 0.500. The molecule has 0 amide bonds. The predicted molar refractivity (Wildman–Crippen MR) is 92.2 cm³/mol. The SMILES string of the molecule is COc1ccc(/C=C2\CCCCC2(C#N)O[Si](C)(C)C)cc1. The summed E-state index contributed by atoms with van der Waals surface area (Å²) in [4.78, 5) is 0. The van der Waals surface area contributed by atoms with E-state index in [-0.39, 0.29) is 0 Å². The summed E-state index contributed by atoms with van der Waals surface area (Å²) in [5.41, 5.74) is 1.48. The zero-order chi connectivity index (χ0) is 16.2. The van der Waals surface area contributed by atoms with Crippen LogP contribution < -0.4 is 4.74 Å². The Morgan fingerprint density at radius 3 is 2.41 bits per heavy atom. The summed E-state index contributed by atoms with van der Waals surface area (Å²) in [7, 11) is -0.131. The van der Waals surface area contributed by atoms with Gasteiger partial charge in [-0.25, -0.2) is 0 Å². The minimum Gasteiger partial charge on any atom is -0.497 e. The molecule has 2 rings (SSSR count). The molecule has 1 aromatic carbocycles. The smallest absolute Gasteiger partial charge is 0.186 e. The van der Waals surface area contributed by atoms with E-state index in [1.54, 1.807) is 7.11 Å². The Bertz CT molecular complexity index is 581. The second-order valence-corrected chi connectivity index (χ2v) is 11.2. The van der Waals surface area contributed by atoms with E-state index in [1.165, 1.54) is 0 Å². The van der Waals surface area contributed by atoms with Gasteiger partial charge in [-0.3, -0.25) is 0 Å². The van der Waals surface area contributed by atoms with Crippen LogP contribution in [0.1, 0.15) is 31.2 Å². The molecule has 0 aliphatic heterocycles. The molecule has 1 aromatic rings. The Labute approximate surface area is 134 Å². The van der Waals surface area contributed by atoms with Crippen molar-refractivity contribution in [3.63, 3.8) is 0 Å². The van der Waals surface area contributed by atoms with Crippen LogP contribution in [0.5, 0.6) is 5.75 Å². The normalized spacial score (nSPS) is 24.0. The fourth-order valence-corrected chi connectivity index (χ4v) is 4.26. The molecular formula is C18H25NO2Si. The van der Waals surface area contributed by atoms with Crippen molar-refractivity contribution in [3.05, 3.63) is 35.4 Å². The maximum Gasteiger partial charge on any atom is 0.186 e. The van der Waals surface area contributed by atoms with E-state index in [0.29, 0.717) is 0 Å². The number of rotatable bonds is 4. The highest BCUT2D eigenvalue weighted by atomic mass is 28.4. The molecule has 3 nitrogen and oxygen atoms in total. The summed E-state index contributed by atoms with van der Waals surface area (Å²) >= 11 is 0. The Kier molecular flexibility index (Phi) is 5.10. The van der Waals surface area contributed by atoms with Crippen molar-refractivity contribution in [1.29, 1.82) is 5.26 Å². The lowest BCUT2D eigenvalue weighted by atomic mass is 9.80. The first-order valence-corrected chi connectivity index (χ1v) is 11.3. The van der Waals surface area contributed by atoms with Crippen molar-refractivity contribution < 1.29 is 9.16 Å². The van der Waals surface area contributed by atoms with Crippen molar-refractivity contribution in [1.82, 2.24) is 0 Å². The van der Waals surface area contributed by atoms with Crippen LogP contribution in [0.25, 0.3) is 6.08 Å². The second kappa shape index (κ2) is 6.68. The number of hydrogen-bond acceptors (Lipinski definition) is 3. The summed E-state index contributed by atoms with van der Waals surface area (Å²) in [6, 6.07) is 10.4. The lowest BCUT2D eigenvalue weighted by molar-refractivity contribution is 0.128. The third kappa shape index (κ3) is 4.00. The number of benzene rings is 1. The summed E-state index contributed by atoms with van der Waals surface area (Å²) in [6.45, 7) is 6.43. The standard InChI is InChI=1S/C18H25NO2Si/c1-20-17-10-8-15(9-11-17)13-16-7-5-6-12-18(16,14-19)21-22(2,3)4/h8-11,13H,5-7,12H2,1-4H3/b16-13+. The van der Waals surface area contributed by atoms with Gasteiger partial charge in [0, 0.05) is 0 Å². The largest absolute Gasteiger partial charge is 0.497 e. The molecule has 0 bridgehead atoms. The quantitative estimate of drug-likeness (QED) is 0.752. The van der Waals surface area contributed by atoms with Crippen molar-refractivity contribution in [2.45, 2.75) is 50.9 Å². The third-order valence-corrected chi connectivity index (χ3v) is 4.82. The van der Waals surface area contributed by atoms with Crippen LogP contribution >= 0.6 is 0 Å². The van der Waals surface area contributed by atoms with Gasteiger partial charge in [0.15, 0.2) is 13.9 Å².